The Hall–Kier alpha value is -2.77. The van der Waals surface area contributed by atoms with Gasteiger partial charge in [-0.25, -0.2) is 4.79 Å². The highest BCUT2D eigenvalue weighted by Gasteiger charge is 2.28. The van der Waals surface area contributed by atoms with Crippen molar-refractivity contribution in [3.8, 4) is 0 Å². The lowest BCUT2D eigenvalue weighted by atomic mass is 10.0. The SMILES string of the molecule is COC(=O)c1ccc(CN2CCC(N(CCN(C)C)C(=O)c3cccnc3)CC2)cc1. The fourth-order valence-electron chi connectivity index (χ4n) is 3.92. The second-order valence-corrected chi connectivity index (χ2v) is 8.24. The van der Waals surface area contributed by atoms with Crippen LogP contribution in [-0.2, 0) is 11.3 Å². The van der Waals surface area contributed by atoms with Crippen LogP contribution in [0.1, 0.15) is 39.1 Å². The van der Waals surface area contributed by atoms with Crippen LogP contribution in [0.3, 0.4) is 0 Å². The van der Waals surface area contributed by atoms with Crippen LogP contribution in [0.5, 0.6) is 0 Å². The molecule has 1 amide bonds. The van der Waals surface area contributed by atoms with E-state index in [0.717, 1.165) is 39.0 Å². The quantitative estimate of drug-likeness (QED) is 0.607. The molecule has 2 aromatic rings. The predicted octanol–water partition coefficient (Wildman–Crippen LogP) is 2.54. The second kappa shape index (κ2) is 11.0. The molecule has 0 spiro atoms. The lowest BCUT2D eigenvalue weighted by Gasteiger charge is -2.39. The first-order chi connectivity index (χ1) is 15.0. The molecular weight excluding hydrogens is 392 g/mol. The maximum atomic E-state index is 13.2. The van der Waals surface area contributed by atoms with Gasteiger partial charge in [0, 0.05) is 51.2 Å². The number of likely N-dealkylation sites (N-methyl/N-ethyl adjacent to an activating group) is 1. The van der Waals surface area contributed by atoms with E-state index in [1.807, 2.05) is 55.4 Å². The van der Waals surface area contributed by atoms with Crippen molar-refractivity contribution < 1.29 is 14.3 Å². The topological polar surface area (TPSA) is 66.0 Å². The van der Waals surface area contributed by atoms with E-state index in [1.54, 1.807) is 12.4 Å². The number of methoxy groups -OCH3 is 1. The lowest BCUT2D eigenvalue weighted by molar-refractivity contribution is 0.0546. The zero-order valence-electron chi connectivity index (χ0n) is 18.7. The normalized spacial score (nSPS) is 15.1. The Balaban J connectivity index is 1.59. The summed E-state index contributed by atoms with van der Waals surface area (Å²) in [6, 6.07) is 11.5. The van der Waals surface area contributed by atoms with Gasteiger partial charge in [0.2, 0.25) is 0 Å². The van der Waals surface area contributed by atoms with Crippen LogP contribution in [0.4, 0.5) is 0 Å². The van der Waals surface area contributed by atoms with Gasteiger partial charge in [0.05, 0.1) is 18.2 Å². The molecule has 1 aliphatic rings. The van der Waals surface area contributed by atoms with Crippen molar-refractivity contribution in [3.05, 3.63) is 65.5 Å². The summed E-state index contributed by atoms with van der Waals surface area (Å²) in [6.07, 6.45) is 5.23. The molecule has 0 bridgehead atoms. The van der Waals surface area contributed by atoms with Gasteiger partial charge in [-0.2, -0.15) is 0 Å². The van der Waals surface area contributed by atoms with Gasteiger partial charge >= 0.3 is 5.97 Å². The highest BCUT2D eigenvalue weighted by atomic mass is 16.5. The van der Waals surface area contributed by atoms with Crippen LogP contribution in [0.15, 0.2) is 48.8 Å². The van der Waals surface area contributed by atoms with Crippen LogP contribution in [-0.4, -0.2) is 85.0 Å². The van der Waals surface area contributed by atoms with E-state index < -0.39 is 0 Å². The van der Waals surface area contributed by atoms with Crippen LogP contribution < -0.4 is 0 Å². The number of hydrogen-bond donors (Lipinski definition) is 0. The van der Waals surface area contributed by atoms with Gasteiger partial charge in [-0.3, -0.25) is 14.7 Å². The third-order valence-electron chi connectivity index (χ3n) is 5.74. The molecule has 166 valence electrons. The molecule has 3 rings (SSSR count). The van der Waals surface area contributed by atoms with E-state index in [0.29, 0.717) is 17.7 Å². The Labute approximate surface area is 184 Å². The Morgan fingerprint density at radius 3 is 2.35 bits per heavy atom. The van der Waals surface area contributed by atoms with Crippen molar-refractivity contribution in [2.45, 2.75) is 25.4 Å². The first-order valence-corrected chi connectivity index (χ1v) is 10.7. The van der Waals surface area contributed by atoms with Gasteiger partial charge in [-0.15, -0.1) is 0 Å². The molecule has 0 unspecified atom stereocenters. The highest BCUT2D eigenvalue weighted by molar-refractivity contribution is 5.94. The number of aromatic nitrogens is 1. The number of piperidine rings is 1. The van der Waals surface area contributed by atoms with Crippen LogP contribution >= 0.6 is 0 Å². The summed E-state index contributed by atoms with van der Waals surface area (Å²) >= 11 is 0. The minimum Gasteiger partial charge on any atom is -0.465 e. The van der Waals surface area contributed by atoms with Crippen molar-refractivity contribution in [3.63, 3.8) is 0 Å². The van der Waals surface area contributed by atoms with Gasteiger partial charge < -0.3 is 14.5 Å². The number of nitrogens with zero attached hydrogens (tertiary/aromatic N) is 4. The van der Waals surface area contributed by atoms with Gasteiger partial charge in [0.1, 0.15) is 0 Å². The molecule has 7 heteroatoms. The summed E-state index contributed by atoms with van der Waals surface area (Å²) in [5.41, 5.74) is 2.38. The molecular formula is C24H32N4O3. The molecule has 31 heavy (non-hydrogen) atoms. The molecule has 0 N–H and O–H groups in total. The summed E-state index contributed by atoms with van der Waals surface area (Å²) < 4.78 is 4.76. The number of carbonyl (C=O) groups is 2. The van der Waals surface area contributed by atoms with Crippen molar-refractivity contribution in [2.75, 3.05) is 47.4 Å². The number of pyridine rings is 1. The van der Waals surface area contributed by atoms with Crippen LogP contribution in [0.2, 0.25) is 0 Å². The molecule has 0 atom stereocenters. The maximum Gasteiger partial charge on any atom is 0.337 e. The fourth-order valence-corrected chi connectivity index (χ4v) is 3.92. The molecule has 1 aliphatic heterocycles. The van der Waals surface area contributed by atoms with E-state index in [2.05, 4.69) is 14.8 Å². The summed E-state index contributed by atoms with van der Waals surface area (Å²) in [6.45, 7) is 4.24. The fraction of sp³-hybridized carbons (Fsp3) is 0.458. The standard InChI is InChI=1S/C24H32N4O3/c1-26(2)15-16-28(23(29)21-5-4-12-25-17-21)22-10-13-27(14-11-22)18-19-6-8-20(9-7-19)24(30)31-3/h4-9,12,17,22H,10-11,13-16,18H2,1-3H3. The first kappa shape index (κ1) is 22.9. The Bertz CT molecular complexity index is 847. The largest absolute Gasteiger partial charge is 0.465 e. The van der Waals surface area contributed by atoms with E-state index in [4.69, 9.17) is 4.74 Å². The molecule has 1 aromatic carbocycles. The number of likely N-dealkylation sites (tertiary alicyclic amines) is 1. The van der Waals surface area contributed by atoms with E-state index in [9.17, 15) is 9.59 Å². The van der Waals surface area contributed by atoms with Crippen molar-refractivity contribution >= 4 is 11.9 Å². The van der Waals surface area contributed by atoms with E-state index in [1.165, 1.54) is 12.7 Å². The molecule has 0 radical (unpaired) electrons. The third kappa shape index (κ3) is 6.35. The van der Waals surface area contributed by atoms with Crippen LogP contribution in [0.25, 0.3) is 0 Å². The summed E-state index contributed by atoms with van der Waals surface area (Å²) in [7, 11) is 5.45. The molecule has 0 saturated carbocycles. The Morgan fingerprint density at radius 1 is 1.06 bits per heavy atom. The van der Waals surface area contributed by atoms with E-state index in [-0.39, 0.29) is 17.9 Å². The average Bonchev–Trinajstić information content (AvgIpc) is 2.80. The molecule has 1 fully saturated rings. The van der Waals surface area contributed by atoms with Crippen molar-refractivity contribution in [2.24, 2.45) is 0 Å². The van der Waals surface area contributed by atoms with Gasteiger partial charge in [-0.05, 0) is 56.8 Å². The summed E-state index contributed by atoms with van der Waals surface area (Å²) in [4.78, 5) is 35.4. The van der Waals surface area contributed by atoms with Crippen molar-refractivity contribution in [1.29, 1.82) is 0 Å². The van der Waals surface area contributed by atoms with E-state index >= 15 is 0 Å². The maximum absolute atomic E-state index is 13.2. The summed E-state index contributed by atoms with van der Waals surface area (Å²) in [5.74, 6) is -0.254. The zero-order valence-corrected chi connectivity index (χ0v) is 18.7. The summed E-state index contributed by atoms with van der Waals surface area (Å²) in [5, 5.41) is 0. The number of benzene rings is 1. The lowest BCUT2D eigenvalue weighted by Crippen LogP contribution is -2.49. The Kier molecular flexibility index (Phi) is 8.14. The minimum atomic E-state index is -0.316. The third-order valence-corrected chi connectivity index (χ3v) is 5.74. The smallest absolute Gasteiger partial charge is 0.337 e. The molecule has 2 heterocycles. The molecule has 1 aromatic heterocycles. The first-order valence-electron chi connectivity index (χ1n) is 10.7. The number of carbonyl (C=O) groups excluding carboxylic acids is 2. The number of hydrogen-bond acceptors (Lipinski definition) is 6. The molecule has 1 saturated heterocycles. The molecule has 0 aliphatic carbocycles. The van der Waals surface area contributed by atoms with Gasteiger partial charge in [-0.1, -0.05) is 12.1 Å². The predicted molar refractivity (Wildman–Crippen MR) is 120 cm³/mol. The monoisotopic (exact) mass is 424 g/mol. The minimum absolute atomic E-state index is 0.0619. The number of amides is 1. The van der Waals surface area contributed by atoms with Crippen LogP contribution in [0, 0.1) is 0 Å². The number of rotatable bonds is 8. The zero-order chi connectivity index (χ0) is 22.2. The average molecular weight is 425 g/mol. The Morgan fingerprint density at radius 2 is 1.77 bits per heavy atom. The van der Waals surface area contributed by atoms with Gasteiger partial charge in [0.25, 0.3) is 5.91 Å². The molecule has 7 nitrogen and oxygen atoms in total. The second-order valence-electron chi connectivity index (χ2n) is 8.24. The number of ether oxygens (including phenoxy) is 1. The highest BCUT2D eigenvalue weighted by Crippen LogP contribution is 2.21. The number of esters is 1. The van der Waals surface area contributed by atoms with Crippen molar-refractivity contribution in [1.82, 2.24) is 19.7 Å². The van der Waals surface area contributed by atoms with Gasteiger partial charge in [0.15, 0.2) is 0 Å².